The molecule has 0 bridgehead atoms. The number of alkyl carbamates (subject to hydrolysis) is 1. The Labute approximate surface area is 141 Å². The molecule has 1 aliphatic heterocycles. The first kappa shape index (κ1) is 16.6. The molecule has 0 saturated carbocycles. The Kier molecular flexibility index (Phi) is 5.89. The maximum absolute atomic E-state index is 11.1. The van der Waals surface area contributed by atoms with Gasteiger partial charge in [0, 0.05) is 6.54 Å². The Morgan fingerprint density at radius 3 is 2.57 bits per heavy atom. The topological polar surface area (TPSA) is 50.8 Å². The Bertz CT molecular complexity index is 500. The van der Waals surface area contributed by atoms with Crippen LogP contribution in [0.25, 0.3) is 0 Å². The van der Waals surface area contributed by atoms with Crippen LogP contribution in [0.3, 0.4) is 0 Å². The van der Waals surface area contributed by atoms with Crippen molar-refractivity contribution in [3.05, 3.63) is 26.6 Å². The third-order valence-electron chi connectivity index (χ3n) is 3.07. The third-order valence-corrected chi connectivity index (χ3v) is 4.25. The monoisotopic (exact) mass is 420 g/mol. The largest absolute Gasteiger partial charge is 0.491 e. The number of benzene rings is 1. The normalized spacial score (nSPS) is 17.8. The van der Waals surface area contributed by atoms with Gasteiger partial charge in [-0.25, -0.2) is 4.79 Å². The van der Waals surface area contributed by atoms with Crippen LogP contribution in [0.4, 0.5) is 4.79 Å². The summed E-state index contributed by atoms with van der Waals surface area (Å²) in [5.74, 6) is 0.773. The van der Waals surface area contributed by atoms with E-state index in [1.165, 1.54) is 0 Å². The maximum atomic E-state index is 11.1. The number of nitrogens with zero attached hydrogens (tertiary/aromatic N) is 1. The number of cyclic esters (lactones) is 1. The van der Waals surface area contributed by atoms with Gasteiger partial charge in [0.1, 0.15) is 11.9 Å². The molecule has 0 aliphatic carbocycles. The molecule has 2 rings (SSSR count). The molecule has 1 heterocycles. The summed E-state index contributed by atoms with van der Waals surface area (Å²) in [6.45, 7) is 2.12. The first-order valence-electron chi connectivity index (χ1n) is 6.68. The summed E-state index contributed by atoms with van der Waals surface area (Å²) in [6, 6.07) is 3.86. The molecule has 116 valence electrons. The summed E-state index contributed by atoms with van der Waals surface area (Å²) < 4.78 is 12.7. The van der Waals surface area contributed by atoms with Crippen LogP contribution >= 0.6 is 31.9 Å². The molecule has 0 spiro atoms. The van der Waals surface area contributed by atoms with Gasteiger partial charge in [-0.2, -0.15) is 0 Å². The van der Waals surface area contributed by atoms with Crippen LogP contribution in [-0.4, -0.2) is 44.8 Å². The molecule has 1 atom stereocenters. The fourth-order valence-corrected chi connectivity index (χ4v) is 3.48. The second-order valence-corrected chi connectivity index (χ2v) is 6.80. The molecule has 1 unspecified atom stereocenters. The van der Waals surface area contributed by atoms with Gasteiger partial charge in [-0.1, -0.05) is 0 Å². The van der Waals surface area contributed by atoms with Crippen molar-refractivity contribution in [3.8, 4) is 5.75 Å². The summed E-state index contributed by atoms with van der Waals surface area (Å²) in [5, 5.41) is 2.65. The van der Waals surface area contributed by atoms with E-state index < -0.39 is 0 Å². The number of rotatable bonds is 6. The summed E-state index contributed by atoms with van der Waals surface area (Å²) in [7, 11) is 4.08. The number of carbonyl (C=O) groups is 1. The lowest BCUT2D eigenvalue weighted by Crippen LogP contribution is -2.15. The molecule has 1 aliphatic rings. The molecule has 1 aromatic rings. The Morgan fingerprint density at radius 1 is 1.38 bits per heavy atom. The van der Waals surface area contributed by atoms with Gasteiger partial charge in [0.05, 0.1) is 22.1 Å². The van der Waals surface area contributed by atoms with Gasteiger partial charge in [-0.3, -0.25) is 0 Å². The van der Waals surface area contributed by atoms with Crippen LogP contribution in [0.1, 0.15) is 18.1 Å². The van der Waals surface area contributed by atoms with Crippen LogP contribution in [0.5, 0.6) is 5.75 Å². The van der Waals surface area contributed by atoms with Crippen LogP contribution < -0.4 is 10.1 Å². The second-order valence-electron chi connectivity index (χ2n) is 5.09. The summed E-state index contributed by atoms with van der Waals surface area (Å²) in [5.41, 5.74) is 0.924. The van der Waals surface area contributed by atoms with Crippen LogP contribution in [-0.2, 0) is 4.74 Å². The highest BCUT2D eigenvalue weighted by Gasteiger charge is 2.25. The highest BCUT2D eigenvalue weighted by Crippen LogP contribution is 2.37. The first-order valence-corrected chi connectivity index (χ1v) is 8.27. The molecule has 7 heteroatoms. The van der Waals surface area contributed by atoms with Crippen LogP contribution in [0.2, 0.25) is 0 Å². The Hall–Kier alpha value is -0.790. The number of carbonyl (C=O) groups excluding carboxylic acids is 1. The van der Waals surface area contributed by atoms with Crippen molar-refractivity contribution in [2.24, 2.45) is 0 Å². The standard InChI is InChI=1S/C14H18Br2N2O3/c1-18(2)4-3-5-20-13-10(15)6-9(7-11(13)16)12-8-17-14(19)21-12/h6-7,12H,3-5,8H2,1-2H3,(H,17,19). The minimum Gasteiger partial charge on any atom is -0.491 e. The van der Waals surface area contributed by atoms with E-state index in [2.05, 4.69) is 42.1 Å². The molecule has 1 aromatic carbocycles. The van der Waals surface area contributed by atoms with Crippen molar-refractivity contribution >= 4 is 38.0 Å². The predicted molar refractivity (Wildman–Crippen MR) is 87.7 cm³/mol. The lowest BCUT2D eigenvalue weighted by atomic mass is 10.1. The Balaban J connectivity index is 2.01. The molecule has 1 saturated heterocycles. The smallest absolute Gasteiger partial charge is 0.407 e. The van der Waals surface area contributed by atoms with Gasteiger partial charge >= 0.3 is 6.09 Å². The van der Waals surface area contributed by atoms with Crippen molar-refractivity contribution in [3.63, 3.8) is 0 Å². The number of nitrogens with one attached hydrogen (secondary N) is 1. The average Bonchev–Trinajstić information content (AvgIpc) is 2.83. The van der Waals surface area contributed by atoms with Gasteiger partial charge in [0.15, 0.2) is 0 Å². The number of halogens is 2. The molecule has 0 radical (unpaired) electrons. The SMILES string of the molecule is CN(C)CCCOc1c(Br)cc(C2CNC(=O)O2)cc1Br. The van der Waals surface area contributed by atoms with E-state index in [1.54, 1.807) is 0 Å². The molecule has 1 N–H and O–H groups in total. The Morgan fingerprint density at radius 2 is 2.05 bits per heavy atom. The zero-order valence-corrected chi connectivity index (χ0v) is 15.2. The lowest BCUT2D eigenvalue weighted by molar-refractivity contribution is 0.141. The maximum Gasteiger partial charge on any atom is 0.407 e. The zero-order chi connectivity index (χ0) is 15.4. The average molecular weight is 422 g/mol. The van der Waals surface area contributed by atoms with E-state index in [0.717, 1.165) is 33.2 Å². The van der Waals surface area contributed by atoms with Gasteiger partial charge in [-0.15, -0.1) is 0 Å². The number of amides is 1. The lowest BCUT2D eigenvalue weighted by Gasteiger charge is -2.15. The number of hydrogen-bond acceptors (Lipinski definition) is 4. The number of hydrogen-bond donors (Lipinski definition) is 1. The highest BCUT2D eigenvalue weighted by molar-refractivity contribution is 9.11. The summed E-state index contributed by atoms with van der Waals surface area (Å²) in [4.78, 5) is 13.2. The van der Waals surface area contributed by atoms with E-state index in [0.29, 0.717) is 13.2 Å². The fraction of sp³-hybridized carbons (Fsp3) is 0.500. The second kappa shape index (κ2) is 7.47. The van der Waals surface area contributed by atoms with E-state index in [9.17, 15) is 4.79 Å². The number of ether oxygens (including phenoxy) is 2. The van der Waals surface area contributed by atoms with Crippen molar-refractivity contribution in [2.45, 2.75) is 12.5 Å². The minimum absolute atomic E-state index is 0.257. The van der Waals surface area contributed by atoms with E-state index in [4.69, 9.17) is 9.47 Å². The van der Waals surface area contributed by atoms with Crippen molar-refractivity contribution in [2.75, 3.05) is 33.8 Å². The molecule has 1 amide bonds. The van der Waals surface area contributed by atoms with Crippen molar-refractivity contribution in [1.82, 2.24) is 10.2 Å². The molecule has 0 aromatic heterocycles. The predicted octanol–water partition coefficient (Wildman–Crippen LogP) is 3.32. The molecular formula is C14H18Br2N2O3. The molecule has 1 fully saturated rings. The molecule has 21 heavy (non-hydrogen) atoms. The van der Waals surface area contributed by atoms with E-state index in [-0.39, 0.29) is 12.2 Å². The van der Waals surface area contributed by atoms with Crippen molar-refractivity contribution in [1.29, 1.82) is 0 Å². The minimum atomic E-state index is -0.378. The van der Waals surface area contributed by atoms with Gasteiger partial charge in [-0.05, 0) is 70.1 Å². The third kappa shape index (κ3) is 4.59. The van der Waals surface area contributed by atoms with Crippen LogP contribution in [0.15, 0.2) is 21.1 Å². The molecular weight excluding hydrogens is 404 g/mol. The zero-order valence-electron chi connectivity index (χ0n) is 12.0. The summed E-state index contributed by atoms with van der Waals surface area (Å²) >= 11 is 7.03. The van der Waals surface area contributed by atoms with Gasteiger partial charge in [0.2, 0.25) is 0 Å². The van der Waals surface area contributed by atoms with E-state index in [1.807, 2.05) is 26.2 Å². The fourth-order valence-electron chi connectivity index (χ4n) is 2.03. The summed E-state index contributed by atoms with van der Waals surface area (Å²) in [6.07, 6.45) is 0.321. The van der Waals surface area contributed by atoms with Gasteiger partial charge in [0.25, 0.3) is 0 Å². The quantitative estimate of drug-likeness (QED) is 0.715. The van der Waals surface area contributed by atoms with Gasteiger partial charge < -0.3 is 19.7 Å². The van der Waals surface area contributed by atoms with Crippen LogP contribution in [0, 0.1) is 0 Å². The molecule has 5 nitrogen and oxygen atoms in total. The first-order chi connectivity index (χ1) is 9.97. The van der Waals surface area contributed by atoms with E-state index >= 15 is 0 Å². The van der Waals surface area contributed by atoms with Crippen molar-refractivity contribution < 1.29 is 14.3 Å². The highest BCUT2D eigenvalue weighted by atomic mass is 79.9.